The fourth-order valence-corrected chi connectivity index (χ4v) is 4.41. The highest BCUT2D eigenvalue weighted by Gasteiger charge is 2.38. The molecule has 4 aromatic heterocycles. The number of nitrogens with zero attached hydrogens (tertiary/aromatic N) is 8. The molecule has 0 aromatic carbocycles. The summed E-state index contributed by atoms with van der Waals surface area (Å²) in [5.41, 5.74) is 0.116. The molecule has 0 saturated heterocycles. The van der Waals surface area contributed by atoms with Gasteiger partial charge in [-0.2, -0.15) is 13.2 Å². The molecule has 0 radical (unpaired) electrons. The molecule has 250 valence electrons. The molecule has 4 aromatic rings. The zero-order valence-electron chi connectivity index (χ0n) is 23.3. The van der Waals surface area contributed by atoms with Crippen LogP contribution in [0.1, 0.15) is 31.5 Å². The second-order valence-electron chi connectivity index (χ2n) is 9.04. The number of halogens is 3. The summed E-state index contributed by atoms with van der Waals surface area (Å²) >= 11 is 0. The first-order chi connectivity index (χ1) is 21.7. The van der Waals surface area contributed by atoms with E-state index in [1.165, 1.54) is 40.0 Å². The van der Waals surface area contributed by atoms with Gasteiger partial charge in [-0.1, -0.05) is 0 Å². The lowest BCUT2D eigenvalue weighted by molar-refractivity contribution is -0.149. The number of ether oxygens (including phenoxy) is 2. The van der Waals surface area contributed by atoms with Gasteiger partial charge in [-0.05, 0) is 18.9 Å². The summed E-state index contributed by atoms with van der Waals surface area (Å²) < 4.78 is 74.2. The van der Waals surface area contributed by atoms with Crippen molar-refractivity contribution in [2.24, 2.45) is 0 Å². The van der Waals surface area contributed by atoms with Crippen molar-refractivity contribution in [2.75, 3.05) is 13.2 Å². The van der Waals surface area contributed by atoms with Crippen LogP contribution in [0.2, 0.25) is 0 Å². The Balaban J connectivity index is 1.56. The number of carbonyl (C=O) groups excluding carboxylic acids is 2. The van der Waals surface area contributed by atoms with Crippen LogP contribution in [0.5, 0.6) is 0 Å². The highest BCUT2D eigenvalue weighted by atomic mass is 31.2. The summed E-state index contributed by atoms with van der Waals surface area (Å²) in [5, 5.41) is 3.46. The minimum absolute atomic E-state index is 0.0177. The van der Waals surface area contributed by atoms with Gasteiger partial charge in [0.05, 0.1) is 19.5 Å². The monoisotopic (exact) mass is 696 g/mol. The average molecular weight is 696 g/mol. The number of phosphoric acid groups is 1. The van der Waals surface area contributed by atoms with Crippen molar-refractivity contribution in [3.05, 3.63) is 36.8 Å². The Labute approximate surface area is 256 Å². The number of phosphoric ester groups is 1. The molecular weight excluding hydrogens is 671 g/mol. The highest BCUT2D eigenvalue weighted by Crippen LogP contribution is 2.36. The molecule has 46 heavy (non-hydrogen) atoms. The van der Waals surface area contributed by atoms with E-state index in [0.29, 0.717) is 4.68 Å². The lowest BCUT2D eigenvalue weighted by Gasteiger charge is -2.08. The van der Waals surface area contributed by atoms with Crippen molar-refractivity contribution in [3.8, 4) is 22.9 Å². The third-order valence-electron chi connectivity index (χ3n) is 5.66. The Hall–Kier alpha value is -3.88. The fraction of sp³-hybridized carbons (Fsp3) is 0.409. The summed E-state index contributed by atoms with van der Waals surface area (Å²) in [6.07, 6.45) is 0.198. The van der Waals surface area contributed by atoms with Crippen molar-refractivity contribution in [1.29, 1.82) is 0 Å². The van der Waals surface area contributed by atoms with Crippen molar-refractivity contribution < 1.29 is 65.4 Å². The molecule has 0 aliphatic rings. The maximum absolute atomic E-state index is 13.7. The average Bonchev–Trinajstić information content (AvgIpc) is 3.71. The Morgan fingerprint density at radius 2 is 1.70 bits per heavy atom. The molecule has 0 unspecified atom stereocenters. The normalized spacial score (nSPS) is 12.3. The molecule has 4 N–H and O–H groups in total. The van der Waals surface area contributed by atoms with Gasteiger partial charge in [0.1, 0.15) is 17.1 Å². The minimum atomic E-state index is -4.97. The van der Waals surface area contributed by atoms with Crippen LogP contribution in [0, 0.1) is 0 Å². The predicted molar refractivity (Wildman–Crippen MR) is 144 cm³/mol. The maximum atomic E-state index is 13.7. The number of carbonyl (C=O) groups is 2. The first-order valence-electron chi connectivity index (χ1n) is 12.9. The molecule has 0 atom stereocenters. The second-order valence-corrected chi connectivity index (χ2v) is 11.0. The van der Waals surface area contributed by atoms with Gasteiger partial charge >= 0.3 is 34.5 Å². The van der Waals surface area contributed by atoms with Crippen LogP contribution in [0.25, 0.3) is 28.7 Å². The van der Waals surface area contributed by atoms with Crippen molar-refractivity contribution in [2.45, 2.75) is 45.3 Å². The van der Waals surface area contributed by atoms with Gasteiger partial charge in [-0.3, -0.25) is 18.5 Å². The maximum Gasteiger partial charge on any atom is 0.469 e. The molecule has 0 aliphatic carbocycles. The van der Waals surface area contributed by atoms with Crippen LogP contribution in [0.4, 0.5) is 13.2 Å². The molecular formula is C22H25F3N8O11P2. The van der Waals surface area contributed by atoms with E-state index < -0.39 is 52.9 Å². The molecule has 0 fully saturated rings. The quantitative estimate of drug-likeness (QED) is 0.0740. The van der Waals surface area contributed by atoms with E-state index in [1.54, 1.807) is 0 Å². The van der Waals surface area contributed by atoms with Crippen LogP contribution in [0.3, 0.4) is 0 Å². The second kappa shape index (κ2) is 15.1. The first-order valence-corrected chi connectivity index (χ1v) is 15.6. The summed E-state index contributed by atoms with van der Waals surface area (Å²) in [4.78, 5) is 75.4. The molecule has 0 spiro atoms. The summed E-state index contributed by atoms with van der Waals surface area (Å²) in [6, 6.07) is 1.53. The fourth-order valence-electron chi connectivity index (χ4n) is 3.76. The van der Waals surface area contributed by atoms with Gasteiger partial charge in [-0.15, -0.1) is 5.10 Å². The van der Waals surface area contributed by atoms with Crippen molar-refractivity contribution >= 4 is 34.1 Å². The van der Waals surface area contributed by atoms with Crippen LogP contribution >= 0.6 is 16.4 Å². The number of esters is 2. The molecule has 24 heteroatoms. The van der Waals surface area contributed by atoms with E-state index >= 15 is 0 Å². The lowest BCUT2D eigenvalue weighted by Crippen LogP contribution is -2.13. The van der Waals surface area contributed by atoms with Gasteiger partial charge in [-0.25, -0.2) is 29.2 Å². The van der Waals surface area contributed by atoms with E-state index in [0.717, 1.165) is 0 Å². The van der Waals surface area contributed by atoms with E-state index in [4.69, 9.17) is 29.0 Å². The van der Waals surface area contributed by atoms with E-state index in [-0.39, 0.29) is 68.5 Å². The van der Waals surface area contributed by atoms with Gasteiger partial charge < -0.3 is 38.1 Å². The molecule has 4 rings (SSSR count). The number of aromatic nitrogens is 8. The third kappa shape index (κ3) is 9.81. The van der Waals surface area contributed by atoms with Crippen LogP contribution < -0.4 is 0 Å². The summed E-state index contributed by atoms with van der Waals surface area (Å²) in [6.45, 7) is -1.65. The Morgan fingerprint density at radius 3 is 2.37 bits per heavy atom. The Kier molecular flexibility index (Phi) is 11.5. The molecule has 0 amide bonds. The first kappa shape index (κ1) is 35.0. The third-order valence-corrected chi connectivity index (χ3v) is 6.59. The number of rotatable bonds is 16. The number of imidazole rings is 2. The molecule has 0 bridgehead atoms. The molecule has 4 heterocycles. The minimum Gasteiger partial charge on any atom is -0.444 e. The number of fused-ring (bicyclic) bond motifs is 1. The zero-order valence-corrected chi connectivity index (χ0v) is 25.1. The molecule has 19 nitrogen and oxygen atoms in total. The largest absolute Gasteiger partial charge is 0.469 e. The molecule has 0 saturated carbocycles. The topological polar surface area (TPSA) is 248 Å². The standard InChI is InChI=1S/C22H25F3N8O11P2/c23-22(24,25)20-29-19(33(30-20)13-42-16(35)4-1-8-43-45(36)37)17-18(32-7-3-6-26-21(32)28-17)14-10-31(11-27-14)12-41-15(34)5-2-9-44-46(38,39)40/h3,6-7,10-11,36-37H,1-2,4-5,8-9,12-13H2,(H2,38,39,40). The summed E-state index contributed by atoms with van der Waals surface area (Å²) in [5.74, 6) is -3.46. The Bertz CT molecular complexity index is 1710. The number of hydrogen-bond donors (Lipinski definition) is 4. The molecule has 0 aliphatic heterocycles. The smallest absolute Gasteiger partial charge is 0.444 e. The van der Waals surface area contributed by atoms with Gasteiger partial charge in [0, 0.05) is 31.4 Å². The number of alkyl halides is 3. The predicted octanol–water partition coefficient (Wildman–Crippen LogP) is 1.77. The van der Waals surface area contributed by atoms with Crippen LogP contribution in [-0.4, -0.2) is 83.4 Å². The van der Waals surface area contributed by atoms with Crippen LogP contribution in [0.15, 0.2) is 31.0 Å². The number of hydrogen-bond acceptors (Lipinski definition) is 14. The lowest BCUT2D eigenvalue weighted by atomic mass is 10.2. The van der Waals surface area contributed by atoms with E-state index in [9.17, 15) is 27.3 Å². The highest BCUT2D eigenvalue weighted by molar-refractivity contribution is 7.46. The van der Waals surface area contributed by atoms with Crippen molar-refractivity contribution in [3.63, 3.8) is 0 Å². The summed E-state index contributed by atoms with van der Waals surface area (Å²) in [7, 11) is -7.27. The van der Waals surface area contributed by atoms with Gasteiger partial charge in [0.2, 0.25) is 5.78 Å². The van der Waals surface area contributed by atoms with Crippen LogP contribution in [-0.2, 0) is 52.3 Å². The van der Waals surface area contributed by atoms with E-state index in [2.05, 4.69) is 34.1 Å². The van der Waals surface area contributed by atoms with Gasteiger partial charge in [0.15, 0.2) is 19.3 Å². The zero-order chi connectivity index (χ0) is 33.5. The van der Waals surface area contributed by atoms with E-state index in [1.807, 2.05) is 0 Å². The Morgan fingerprint density at radius 1 is 1.00 bits per heavy atom. The van der Waals surface area contributed by atoms with Gasteiger partial charge in [0.25, 0.3) is 5.82 Å². The van der Waals surface area contributed by atoms with Crippen molar-refractivity contribution in [1.82, 2.24) is 38.7 Å². The SMILES string of the molecule is O=C(CCCOP(=O)(O)O)OCn1cnc(-c2c(-c3nc(C(F)(F)F)nn3COC(=O)CCCOP(O)O)nc3ncccn23)c1.